The number of carboxylic acid groups (broad SMARTS) is 1. The fourth-order valence-electron chi connectivity index (χ4n) is 1.39. The predicted octanol–water partition coefficient (Wildman–Crippen LogP) is 2.83. The van der Waals surface area contributed by atoms with E-state index in [9.17, 15) is 14.0 Å². The minimum atomic E-state index is -1.43. The normalized spacial score (nSPS) is 10.9. The molecule has 2 amide bonds. The Labute approximate surface area is 110 Å². The van der Waals surface area contributed by atoms with Crippen LogP contribution in [-0.2, 0) is 0 Å². The lowest BCUT2D eigenvalue weighted by Crippen LogP contribution is -2.45. The number of urea groups is 1. The van der Waals surface area contributed by atoms with E-state index in [1.165, 1.54) is 12.1 Å². The molecule has 0 fully saturated rings. The van der Waals surface area contributed by atoms with Crippen LogP contribution in [0.4, 0.5) is 14.9 Å². The first-order valence-corrected chi connectivity index (χ1v) is 5.88. The van der Waals surface area contributed by atoms with Crippen molar-refractivity contribution < 1.29 is 19.1 Å². The Morgan fingerprint density at radius 1 is 1.37 bits per heavy atom. The maximum Gasteiger partial charge on any atom is 0.340 e. The monoisotopic (exact) mass is 268 g/mol. The molecule has 5 nitrogen and oxygen atoms in total. The third kappa shape index (κ3) is 3.94. The topological polar surface area (TPSA) is 78.4 Å². The van der Waals surface area contributed by atoms with Gasteiger partial charge >= 0.3 is 12.0 Å². The van der Waals surface area contributed by atoms with Crippen LogP contribution in [0.2, 0.25) is 0 Å². The van der Waals surface area contributed by atoms with E-state index in [1.807, 2.05) is 20.8 Å². The molecular weight excluding hydrogens is 251 g/mol. The Bertz CT molecular complexity index is 501. The zero-order chi connectivity index (χ0) is 14.6. The molecule has 6 heteroatoms. The summed E-state index contributed by atoms with van der Waals surface area (Å²) in [5.74, 6) is -2.32. The lowest BCUT2D eigenvalue weighted by Gasteiger charge is -2.24. The van der Waals surface area contributed by atoms with Gasteiger partial charge in [0.15, 0.2) is 0 Å². The molecular formula is C13H17FN2O3. The zero-order valence-corrected chi connectivity index (χ0v) is 11.1. The SMILES string of the molecule is CCC(C)(C)NC(=O)Nc1cccc(F)c1C(=O)O. The van der Waals surface area contributed by atoms with Gasteiger partial charge < -0.3 is 15.7 Å². The van der Waals surface area contributed by atoms with Crippen LogP contribution in [0.3, 0.4) is 0 Å². The van der Waals surface area contributed by atoms with E-state index in [1.54, 1.807) is 0 Å². The van der Waals surface area contributed by atoms with Gasteiger partial charge in [0.25, 0.3) is 0 Å². The number of benzene rings is 1. The molecule has 0 spiro atoms. The molecule has 0 unspecified atom stereocenters. The van der Waals surface area contributed by atoms with E-state index >= 15 is 0 Å². The zero-order valence-electron chi connectivity index (χ0n) is 11.1. The molecule has 19 heavy (non-hydrogen) atoms. The summed E-state index contributed by atoms with van der Waals surface area (Å²) in [4.78, 5) is 22.7. The highest BCUT2D eigenvalue weighted by atomic mass is 19.1. The van der Waals surface area contributed by atoms with Gasteiger partial charge in [0, 0.05) is 5.54 Å². The Morgan fingerprint density at radius 2 is 2.00 bits per heavy atom. The van der Waals surface area contributed by atoms with E-state index in [0.717, 1.165) is 6.07 Å². The Hall–Kier alpha value is -2.11. The summed E-state index contributed by atoms with van der Waals surface area (Å²) in [6.07, 6.45) is 0.704. The molecule has 0 heterocycles. The van der Waals surface area contributed by atoms with Crippen molar-refractivity contribution in [3.05, 3.63) is 29.6 Å². The summed E-state index contributed by atoms with van der Waals surface area (Å²) in [5.41, 5.74) is -1.05. The van der Waals surface area contributed by atoms with E-state index < -0.39 is 28.9 Å². The van der Waals surface area contributed by atoms with Gasteiger partial charge in [0.05, 0.1) is 5.69 Å². The van der Waals surface area contributed by atoms with Crippen molar-refractivity contribution in [2.75, 3.05) is 5.32 Å². The number of aromatic carboxylic acids is 1. The van der Waals surface area contributed by atoms with Crippen LogP contribution < -0.4 is 10.6 Å². The Morgan fingerprint density at radius 3 is 2.53 bits per heavy atom. The van der Waals surface area contributed by atoms with Crippen molar-refractivity contribution in [1.82, 2.24) is 5.32 Å². The van der Waals surface area contributed by atoms with Gasteiger partial charge in [0.1, 0.15) is 11.4 Å². The van der Waals surface area contributed by atoms with Crippen LogP contribution in [-0.4, -0.2) is 22.6 Å². The molecule has 1 aromatic carbocycles. The molecule has 0 aliphatic carbocycles. The molecule has 0 aromatic heterocycles. The number of amides is 2. The second-order valence-corrected chi connectivity index (χ2v) is 4.78. The van der Waals surface area contributed by atoms with Crippen molar-refractivity contribution in [1.29, 1.82) is 0 Å². The molecule has 1 aromatic rings. The number of hydrogen-bond acceptors (Lipinski definition) is 2. The first-order valence-electron chi connectivity index (χ1n) is 5.88. The van der Waals surface area contributed by atoms with E-state index in [0.29, 0.717) is 6.42 Å². The van der Waals surface area contributed by atoms with Gasteiger partial charge in [-0.3, -0.25) is 0 Å². The first kappa shape index (κ1) is 14.9. The molecule has 0 saturated heterocycles. The molecule has 104 valence electrons. The highest BCUT2D eigenvalue weighted by Gasteiger charge is 2.21. The summed E-state index contributed by atoms with van der Waals surface area (Å²) < 4.78 is 13.4. The largest absolute Gasteiger partial charge is 0.478 e. The second-order valence-electron chi connectivity index (χ2n) is 4.78. The summed E-state index contributed by atoms with van der Waals surface area (Å²) in [5, 5.41) is 14.0. The van der Waals surface area contributed by atoms with Crippen LogP contribution in [0, 0.1) is 5.82 Å². The molecule has 1 rings (SSSR count). The van der Waals surface area contributed by atoms with Crippen molar-refractivity contribution >= 4 is 17.7 Å². The predicted molar refractivity (Wildman–Crippen MR) is 69.9 cm³/mol. The highest BCUT2D eigenvalue weighted by Crippen LogP contribution is 2.19. The van der Waals surface area contributed by atoms with Gasteiger partial charge in [-0.25, -0.2) is 14.0 Å². The van der Waals surface area contributed by atoms with Crippen LogP contribution >= 0.6 is 0 Å². The number of halogens is 1. The molecule has 0 bridgehead atoms. The van der Waals surface area contributed by atoms with Crippen molar-refractivity contribution in [3.63, 3.8) is 0 Å². The number of nitrogens with one attached hydrogen (secondary N) is 2. The van der Waals surface area contributed by atoms with Gasteiger partial charge in [-0.2, -0.15) is 0 Å². The number of carboxylic acids is 1. The summed E-state index contributed by atoms with van der Waals surface area (Å²) in [6, 6.07) is 3.13. The van der Waals surface area contributed by atoms with Gasteiger partial charge in [0.2, 0.25) is 0 Å². The third-order valence-corrected chi connectivity index (χ3v) is 2.81. The standard InChI is InChI=1S/C13H17FN2O3/c1-4-13(2,3)16-12(19)15-9-7-5-6-8(14)10(9)11(17)18/h5-7H,4H2,1-3H3,(H,17,18)(H2,15,16,19). The molecule has 0 saturated carbocycles. The smallest absolute Gasteiger partial charge is 0.340 e. The fraction of sp³-hybridized carbons (Fsp3) is 0.385. The van der Waals surface area contributed by atoms with Crippen LogP contribution in [0.25, 0.3) is 0 Å². The van der Waals surface area contributed by atoms with Crippen molar-refractivity contribution in [2.24, 2.45) is 0 Å². The number of carbonyl (C=O) groups excluding carboxylic acids is 1. The second kappa shape index (κ2) is 5.69. The average Bonchev–Trinajstić information content (AvgIpc) is 2.27. The van der Waals surface area contributed by atoms with E-state index in [2.05, 4.69) is 10.6 Å². The maximum atomic E-state index is 13.4. The molecule has 0 radical (unpaired) electrons. The van der Waals surface area contributed by atoms with Crippen LogP contribution in [0.15, 0.2) is 18.2 Å². The number of anilines is 1. The molecule has 3 N–H and O–H groups in total. The maximum absolute atomic E-state index is 13.4. The summed E-state index contributed by atoms with van der Waals surface area (Å²) in [7, 11) is 0. The average molecular weight is 268 g/mol. The minimum absolute atomic E-state index is 0.0723. The number of hydrogen-bond donors (Lipinski definition) is 3. The fourth-order valence-corrected chi connectivity index (χ4v) is 1.39. The van der Waals surface area contributed by atoms with Crippen molar-refractivity contribution in [3.8, 4) is 0 Å². The highest BCUT2D eigenvalue weighted by molar-refractivity contribution is 6.00. The number of carbonyl (C=O) groups is 2. The number of rotatable bonds is 4. The van der Waals surface area contributed by atoms with E-state index in [-0.39, 0.29) is 5.69 Å². The Kier molecular flexibility index (Phi) is 4.47. The lowest BCUT2D eigenvalue weighted by atomic mass is 10.0. The van der Waals surface area contributed by atoms with Crippen molar-refractivity contribution in [2.45, 2.75) is 32.7 Å². The lowest BCUT2D eigenvalue weighted by molar-refractivity contribution is 0.0693. The third-order valence-electron chi connectivity index (χ3n) is 2.81. The first-order chi connectivity index (χ1) is 8.76. The molecule has 0 atom stereocenters. The quantitative estimate of drug-likeness (QED) is 0.785. The minimum Gasteiger partial charge on any atom is -0.478 e. The van der Waals surface area contributed by atoms with Gasteiger partial charge in [-0.1, -0.05) is 13.0 Å². The summed E-state index contributed by atoms with van der Waals surface area (Å²) in [6.45, 7) is 5.57. The summed E-state index contributed by atoms with van der Waals surface area (Å²) >= 11 is 0. The Balaban J connectivity index is 2.92. The molecule has 0 aliphatic rings. The van der Waals surface area contributed by atoms with Crippen LogP contribution in [0.1, 0.15) is 37.6 Å². The molecule has 0 aliphatic heterocycles. The van der Waals surface area contributed by atoms with Gasteiger partial charge in [-0.15, -0.1) is 0 Å². The van der Waals surface area contributed by atoms with Crippen LogP contribution in [0.5, 0.6) is 0 Å². The van der Waals surface area contributed by atoms with E-state index in [4.69, 9.17) is 5.11 Å². The van der Waals surface area contributed by atoms with Gasteiger partial charge in [-0.05, 0) is 32.4 Å².